The van der Waals surface area contributed by atoms with Crippen LogP contribution < -0.4 is 10.6 Å². The molecule has 1 aliphatic heterocycles. The minimum Gasteiger partial charge on any atom is -0.325 e. The molecule has 2 fully saturated rings. The van der Waals surface area contributed by atoms with E-state index in [1.165, 1.54) is 24.2 Å². The van der Waals surface area contributed by atoms with E-state index in [2.05, 4.69) is 27.4 Å². The van der Waals surface area contributed by atoms with Crippen molar-refractivity contribution in [2.75, 3.05) is 23.7 Å². The van der Waals surface area contributed by atoms with Crippen LogP contribution >= 0.6 is 11.3 Å². The fourth-order valence-corrected chi connectivity index (χ4v) is 4.86. The summed E-state index contributed by atoms with van der Waals surface area (Å²) in [5, 5.41) is 10.5. The second kappa shape index (κ2) is 9.00. The molecule has 0 spiro atoms. The lowest BCUT2D eigenvalue weighted by Gasteiger charge is -2.29. The number of anilines is 2. The van der Waals surface area contributed by atoms with Crippen LogP contribution in [0.1, 0.15) is 48.7 Å². The summed E-state index contributed by atoms with van der Waals surface area (Å²) in [6, 6.07) is 11.6. The van der Waals surface area contributed by atoms with Crippen molar-refractivity contribution in [3.63, 3.8) is 0 Å². The van der Waals surface area contributed by atoms with Crippen LogP contribution in [0.3, 0.4) is 0 Å². The molecule has 0 atom stereocenters. The Morgan fingerprint density at radius 2 is 1.78 bits per heavy atom. The maximum Gasteiger partial charge on any atom is 0.259 e. The first kappa shape index (κ1) is 21.1. The molecule has 1 saturated carbocycles. The van der Waals surface area contributed by atoms with Gasteiger partial charge < -0.3 is 5.32 Å². The molecule has 0 bridgehead atoms. The molecule has 2 amide bonds. The van der Waals surface area contributed by atoms with Gasteiger partial charge in [-0.3, -0.25) is 19.8 Å². The molecule has 2 aromatic carbocycles. The lowest BCUT2D eigenvalue weighted by molar-refractivity contribution is -0.117. The van der Waals surface area contributed by atoms with Crippen LogP contribution in [0.5, 0.6) is 0 Å². The third kappa shape index (κ3) is 4.84. The van der Waals surface area contributed by atoms with Crippen LogP contribution in [-0.4, -0.2) is 34.8 Å². The van der Waals surface area contributed by atoms with Crippen LogP contribution in [0.4, 0.5) is 10.8 Å². The fraction of sp³-hybridized carbons (Fsp3) is 0.400. The average Bonchev–Trinajstić information content (AvgIpc) is 3.56. The number of aromatic nitrogens is 1. The molecular formula is C25H28N4O2S. The summed E-state index contributed by atoms with van der Waals surface area (Å²) in [5.41, 5.74) is 2.00. The first-order valence-corrected chi connectivity index (χ1v) is 12.2. The lowest BCUT2D eigenvalue weighted by atomic mass is 9.99. The molecule has 3 aromatic rings. The lowest BCUT2D eigenvalue weighted by Crippen LogP contribution is -2.32. The predicted octanol–water partition coefficient (Wildman–Crippen LogP) is 5.13. The molecule has 7 heteroatoms. The molecule has 2 heterocycles. The molecule has 166 valence electrons. The zero-order valence-electron chi connectivity index (χ0n) is 18.3. The summed E-state index contributed by atoms with van der Waals surface area (Å²) in [4.78, 5) is 32.6. The first-order valence-electron chi connectivity index (χ1n) is 11.4. The van der Waals surface area contributed by atoms with Gasteiger partial charge in [-0.25, -0.2) is 4.98 Å². The fourth-order valence-electron chi connectivity index (χ4n) is 4.16. The van der Waals surface area contributed by atoms with E-state index < -0.39 is 0 Å². The monoisotopic (exact) mass is 448 g/mol. The van der Waals surface area contributed by atoms with E-state index in [0.717, 1.165) is 54.9 Å². The molecule has 5 rings (SSSR count). The highest BCUT2D eigenvalue weighted by Gasteiger charge is 2.30. The SMILES string of the molecule is CC1CCN(Cc2csc(NC(=O)c3cc4ccccc4cc3NC(=O)C3CC3)n2)CC1. The van der Waals surface area contributed by atoms with Gasteiger partial charge in [0.15, 0.2) is 5.13 Å². The van der Waals surface area contributed by atoms with E-state index in [4.69, 9.17) is 0 Å². The van der Waals surface area contributed by atoms with Crippen molar-refractivity contribution in [3.05, 3.63) is 53.0 Å². The third-order valence-electron chi connectivity index (χ3n) is 6.37. The summed E-state index contributed by atoms with van der Waals surface area (Å²) in [6.45, 7) is 5.32. The van der Waals surface area contributed by atoms with Crippen LogP contribution in [0.2, 0.25) is 0 Å². The zero-order chi connectivity index (χ0) is 22.1. The standard InChI is InChI=1S/C25H28N4O2S/c1-16-8-10-29(11-9-16)14-20-15-32-25(26-20)28-24(31)21-12-18-4-2-3-5-19(18)13-22(21)27-23(30)17-6-7-17/h2-5,12-13,15-17H,6-11,14H2,1H3,(H,27,30)(H,26,28,31). The van der Waals surface area contributed by atoms with Gasteiger partial charge in [0.25, 0.3) is 5.91 Å². The minimum absolute atomic E-state index is 0.0123. The van der Waals surface area contributed by atoms with Crippen molar-refractivity contribution in [1.29, 1.82) is 0 Å². The number of carbonyl (C=O) groups is 2. The Hall–Kier alpha value is -2.77. The first-order chi connectivity index (χ1) is 15.5. The van der Waals surface area contributed by atoms with Crippen molar-refractivity contribution in [3.8, 4) is 0 Å². The van der Waals surface area contributed by atoms with Gasteiger partial charge in [0.1, 0.15) is 0 Å². The van der Waals surface area contributed by atoms with Crippen molar-refractivity contribution in [2.24, 2.45) is 11.8 Å². The van der Waals surface area contributed by atoms with E-state index in [1.807, 2.05) is 41.8 Å². The van der Waals surface area contributed by atoms with Gasteiger partial charge in [-0.15, -0.1) is 11.3 Å². The molecule has 0 unspecified atom stereocenters. The Kier molecular flexibility index (Phi) is 5.93. The maximum atomic E-state index is 13.2. The summed E-state index contributed by atoms with van der Waals surface area (Å²) < 4.78 is 0. The van der Waals surface area contributed by atoms with E-state index in [-0.39, 0.29) is 17.7 Å². The summed E-state index contributed by atoms with van der Waals surface area (Å²) >= 11 is 1.44. The average molecular weight is 449 g/mol. The second-order valence-corrected chi connectivity index (χ2v) is 9.92. The van der Waals surface area contributed by atoms with Crippen molar-refractivity contribution < 1.29 is 9.59 Å². The van der Waals surface area contributed by atoms with E-state index in [9.17, 15) is 9.59 Å². The summed E-state index contributed by atoms with van der Waals surface area (Å²) in [5.74, 6) is 0.598. The van der Waals surface area contributed by atoms with Gasteiger partial charge in [-0.05, 0) is 67.6 Å². The molecule has 2 aliphatic rings. The Morgan fingerprint density at radius 1 is 1.06 bits per heavy atom. The number of hydrogen-bond donors (Lipinski definition) is 2. The molecule has 6 nitrogen and oxygen atoms in total. The van der Waals surface area contributed by atoms with Crippen molar-refractivity contribution >= 4 is 44.7 Å². The summed E-state index contributed by atoms with van der Waals surface area (Å²) in [7, 11) is 0. The molecule has 0 radical (unpaired) electrons. The smallest absolute Gasteiger partial charge is 0.259 e. The number of likely N-dealkylation sites (tertiary alicyclic amines) is 1. The zero-order valence-corrected chi connectivity index (χ0v) is 19.1. The molecule has 1 aliphatic carbocycles. The summed E-state index contributed by atoms with van der Waals surface area (Å²) in [6.07, 6.45) is 4.29. The highest BCUT2D eigenvalue weighted by atomic mass is 32.1. The normalized spacial score (nSPS) is 17.4. The highest BCUT2D eigenvalue weighted by molar-refractivity contribution is 7.14. The van der Waals surface area contributed by atoms with Gasteiger partial charge >= 0.3 is 0 Å². The molecule has 1 saturated heterocycles. The Morgan fingerprint density at radius 3 is 2.50 bits per heavy atom. The van der Waals surface area contributed by atoms with Gasteiger partial charge in [0.05, 0.1) is 16.9 Å². The number of amides is 2. The van der Waals surface area contributed by atoms with Gasteiger partial charge in [-0.2, -0.15) is 0 Å². The number of rotatable bonds is 6. The second-order valence-electron chi connectivity index (χ2n) is 9.07. The predicted molar refractivity (Wildman–Crippen MR) is 129 cm³/mol. The molecule has 2 N–H and O–H groups in total. The topological polar surface area (TPSA) is 74.3 Å². The largest absolute Gasteiger partial charge is 0.325 e. The Bertz CT molecular complexity index is 1150. The van der Waals surface area contributed by atoms with Gasteiger partial charge in [0.2, 0.25) is 5.91 Å². The number of nitrogens with one attached hydrogen (secondary N) is 2. The van der Waals surface area contributed by atoms with Crippen LogP contribution in [0, 0.1) is 11.8 Å². The van der Waals surface area contributed by atoms with E-state index in [0.29, 0.717) is 16.4 Å². The number of thiazole rings is 1. The Balaban J connectivity index is 1.33. The van der Waals surface area contributed by atoms with Gasteiger partial charge in [0, 0.05) is 17.8 Å². The van der Waals surface area contributed by atoms with Crippen LogP contribution in [0.25, 0.3) is 10.8 Å². The number of hydrogen-bond acceptors (Lipinski definition) is 5. The van der Waals surface area contributed by atoms with Crippen molar-refractivity contribution in [2.45, 2.75) is 39.2 Å². The van der Waals surface area contributed by atoms with E-state index in [1.54, 1.807) is 0 Å². The minimum atomic E-state index is -0.255. The van der Waals surface area contributed by atoms with E-state index >= 15 is 0 Å². The molecular weight excluding hydrogens is 420 g/mol. The molecule has 32 heavy (non-hydrogen) atoms. The Labute approximate surface area is 192 Å². The number of benzene rings is 2. The quantitative estimate of drug-likeness (QED) is 0.548. The van der Waals surface area contributed by atoms with Gasteiger partial charge in [-0.1, -0.05) is 31.2 Å². The number of nitrogens with zero attached hydrogens (tertiary/aromatic N) is 2. The highest BCUT2D eigenvalue weighted by Crippen LogP contribution is 2.32. The van der Waals surface area contributed by atoms with Crippen LogP contribution in [-0.2, 0) is 11.3 Å². The molecule has 1 aromatic heterocycles. The number of piperidine rings is 1. The van der Waals surface area contributed by atoms with Crippen molar-refractivity contribution in [1.82, 2.24) is 9.88 Å². The number of fused-ring (bicyclic) bond motifs is 1. The third-order valence-corrected chi connectivity index (χ3v) is 7.18. The number of carbonyl (C=O) groups excluding carboxylic acids is 2. The van der Waals surface area contributed by atoms with Crippen LogP contribution in [0.15, 0.2) is 41.8 Å². The maximum absolute atomic E-state index is 13.2.